The number of hydrogen-bond donors (Lipinski definition) is 1. The number of carbonyl (C=O) groups is 1. The van der Waals surface area contributed by atoms with Crippen LogP contribution in [0.4, 0.5) is 0 Å². The molecule has 118 valence electrons. The molecule has 1 aromatic carbocycles. The highest BCUT2D eigenvalue weighted by atomic mass is 32.1. The van der Waals surface area contributed by atoms with Crippen molar-refractivity contribution in [3.8, 4) is 11.7 Å². The molecule has 2 aromatic heterocycles. The van der Waals surface area contributed by atoms with Gasteiger partial charge < -0.3 is 14.5 Å². The number of carbonyl (C=O) groups excluding carboxylic acids is 1. The molecule has 0 fully saturated rings. The number of benzene rings is 1. The van der Waals surface area contributed by atoms with Gasteiger partial charge in [0.25, 0.3) is 11.9 Å². The van der Waals surface area contributed by atoms with Gasteiger partial charge >= 0.3 is 0 Å². The van der Waals surface area contributed by atoms with Crippen LogP contribution in [0.1, 0.15) is 34.0 Å². The number of hydrogen-bond acceptors (Lipinski definition) is 4. The molecule has 1 atom stereocenters. The molecule has 0 saturated carbocycles. The number of amides is 1. The number of aryl methyl sites for hydroxylation is 1. The van der Waals surface area contributed by atoms with E-state index in [9.17, 15) is 4.79 Å². The van der Waals surface area contributed by atoms with Crippen molar-refractivity contribution >= 4 is 17.2 Å². The molecule has 1 amide bonds. The molecule has 3 rings (SSSR count). The van der Waals surface area contributed by atoms with Crippen LogP contribution in [0.5, 0.6) is 11.7 Å². The molecule has 23 heavy (non-hydrogen) atoms. The average Bonchev–Trinajstić information content (AvgIpc) is 3.21. The third-order valence-corrected chi connectivity index (χ3v) is 4.42. The van der Waals surface area contributed by atoms with Crippen molar-refractivity contribution in [1.82, 2.24) is 5.32 Å². The van der Waals surface area contributed by atoms with Gasteiger partial charge in [-0.15, -0.1) is 11.3 Å². The summed E-state index contributed by atoms with van der Waals surface area (Å²) in [4.78, 5) is 13.3. The zero-order valence-corrected chi connectivity index (χ0v) is 13.7. The lowest BCUT2D eigenvalue weighted by molar-refractivity contribution is 0.0907. The molecule has 0 saturated heterocycles. The van der Waals surface area contributed by atoms with Crippen LogP contribution in [0.3, 0.4) is 0 Å². The monoisotopic (exact) mass is 327 g/mol. The molecule has 5 heteroatoms. The van der Waals surface area contributed by atoms with Gasteiger partial charge in [0.05, 0.1) is 6.04 Å². The van der Waals surface area contributed by atoms with Crippen molar-refractivity contribution in [3.63, 3.8) is 0 Å². The number of furan rings is 1. The predicted molar refractivity (Wildman–Crippen MR) is 90.2 cm³/mol. The average molecular weight is 327 g/mol. The van der Waals surface area contributed by atoms with E-state index < -0.39 is 0 Å². The highest BCUT2D eigenvalue weighted by Gasteiger charge is 2.16. The third-order valence-electron chi connectivity index (χ3n) is 3.36. The highest BCUT2D eigenvalue weighted by Crippen LogP contribution is 2.25. The van der Waals surface area contributed by atoms with Crippen LogP contribution in [0, 0.1) is 6.92 Å². The summed E-state index contributed by atoms with van der Waals surface area (Å²) in [7, 11) is 0. The Kier molecular flexibility index (Phi) is 4.48. The summed E-state index contributed by atoms with van der Waals surface area (Å²) >= 11 is 1.61. The molecule has 0 aliphatic rings. The van der Waals surface area contributed by atoms with Gasteiger partial charge in [-0.25, -0.2) is 0 Å². The van der Waals surface area contributed by atoms with Gasteiger partial charge in [0, 0.05) is 10.9 Å². The predicted octanol–water partition coefficient (Wildman–Crippen LogP) is 4.93. The molecule has 0 aliphatic carbocycles. The maximum absolute atomic E-state index is 12.2. The maximum atomic E-state index is 12.2. The van der Waals surface area contributed by atoms with E-state index in [-0.39, 0.29) is 17.7 Å². The largest absolute Gasteiger partial charge is 0.426 e. The minimum Gasteiger partial charge on any atom is -0.426 e. The normalized spacial score (nSPS) is 11.9. The second-order valence-corrected chi connectivity index (χ2v) is 6.22. The van der Waals surface area contributed by atoms with E-state index in [0.29, 0.717) is 11.7 Å². The lowest BCUT2D eigenvalue weighted by Crippen LogP contribution is -2.25. The second-order valence-electron chi connectivity index (χ2n) is 5.24. The van der Waals surface area contributed by atoms with Crippen LogP contribution in [-0.4, -0.2) is 5.91 Å². The summed E-state index contributed by atoms with van der Waals surface area (Å²) in [6.45, 7) is 3.95. The van der Waals surface area contributed by atoms with E-state index in [1.54, 1.807) is 23.5 Å². The molecule has 1 unspecified atom stereocenters. The fourth-order valence-corrected chi connectivity index (χ4v) is 2.83. The van der Waals surface area contributed by atoms with Gasteiger partial charge in [-0.2, -0.15) is 0 Å². The SMILES string of the molecule is Cc1ccc(Oc2ccc(C(=O)NC(C)c3cccs3)o2)cc1. The van der Waals surface area contributed by atoms with Crippen molar-refractivity contribution in [2.75, 3.05) is 0 Å². The minimum atomic E-state index is -0.260. The molecular weight excluding hydrogens is 310 g/mol. The van der Waals surface area contributed by atoms with Crippen LogP contribution in [0.2, 0.25) is 0 Å². The first-order chi connectivity index (χ1) is 11.1. The van der Waals surface area contributed by atoms with Crippen LogP contribution < -0.4 is 10.1 Å². The number of thiophene rings is 1. The van der Waals surface area contributed by atoms with E-state index in [2.05, 4.69) is 5.32 Å². The van der Waals surface area contributed by atoms with Crippen molar-refractivity contribution in [2.45, 2.75) is 19.9 Å². The third kappa shape index (κ3) is 3.81. The van der Waals surface area contributed by atoms with Crippen LogP contribution in [0.25, 0.3) is 0 Å². The van der Waals surface area contributed by atoms with Gasteiger partial charge in [-0.1, -0.05) is 23.8 Å². The van der Waals surface area contributed by atoms with Crippen molar-refractivity contribution < 1.29 is 13.9 Å². The molecular formula is C18H17NO3S. The van der Waals surface area contributed by atoms with Crippen molar-refractivity contribution in [2.24, 2.45) is 0 Å². The molecule has 4 nitrogen and oxygen atoms in total. The van der Waals surface area contributed by atoms with Gasteiger partial charge in [0.1, 0.15) is 5.75 Å². The van der Waals surface area contributed by atoms with Crippen molar-refractivity contribution in [3.05, 3.63) is 70.1 Å². The molecule has 1 N–H and O–H groups in total. The topological polar surface area (TPSA) is 51.5 Å². The lowest BCUT2D eigenvalue weighted by atomic mass is 10.2. The molecule has 0 radical (unpaired) electrons. The molecule has 2 heterocycles. The zero-order chi connectivity index (χ0) is 16.2. The van der Waals surface area contributed by atoms with Gasteiger partial charge in [0.15, 0.2) is 5.76 Å². The first kappa shape index (κ1) is 15.4. The van der Waals surface area contributed by atoms with Crippen LogP contribution >= 0.6 is 11.3 Å². The number of ether oxygens (including phenoxy) is 1. The van der Waals surface area contributed by atoms with Crippen LogP contribution in [-0.2, 0) is 0 Å². The van der Waals surface area contributed by atoms with Gasteiger partial charge in [-0.05, 0) is 43.5 Å². The highest BCUT2D eigenvalue weighted by molar-refractivity contribution is 7.10. The molecule has 3 aromatic rings. The molecule has 0 aliphatic heterocycles. The zero-order valence-electron chi connectivity index (χ0n) is 12.9. The Labute approximate surface area is 138 Å². The van der Waals surface area contributed by atoms with Gasteiger partial charge in [-0.3, -0.25) is 4.79 Å². The van der Waals surface area contributed by atoms with Crippen LogP contribution in [0.15, 0.2) is 58.3 Å². The Morgan fingerprint density at radius 2 is 1.96 bits per heavy atom. The quantitative estimate of drug-likeness (QED) is 0.722. The van der Waals surface area contributed by atoms with Gasteiger partial charge in [0.2, 0.25) is 0 Å². The first-order valence-corrected chi connectivity index (χ1v) is 8.18. The maximum Gasteiger partial charge on any atom is 0.290 e. The first-order valence-electron chi connectivity index (χ1n) is 7.30. The van der Waals surface area contributed by atoms with E-state index in [0.717, 1.165) is 10.4 Å². The summed E-state index contributed by atoms with van der Waals surface area (Å²) in [5.41, 5.74) is 1.15. The summed E-state index contributed by atoms with van der Waals surface area (Å²) < 4.78 is 11.1. The second kappa shape index (κ2) is 6.71. The minimum absolute atomic E-state index is 0.0610. The Morgan fingerprint density at radius 3 is 2.65 bits per heavy atom. The number of rotatable bonds is 5. The lowest BCUT2D eigenvalue weighted by Gasteiger charge is -2.10. The molecule has 0 spiro atoms. The fraction of sp³-hybridized carbons (Fsp3) is 0.167. The summed E-state index contributed by atoms with van der Waals surface area (Å²) in [5, 5.41) is 4.89. The Hall–Kier alpha value is -2.53. The van der Waals surface area contributed by atoms with E-state index in [1.165, 1.54) is 0 Å². The standard InChI is InChI=1S/C18H17NO3S/c1-12-5-7-14(8-6-12)21-17-10-9-15(22-17)18(20)19-13(2)16-4-3-11-23-16/h3-11,13H,1-2H3,(H,19,20). The number of nitrogens with one attached hydrogen (secondary N) is 1. The van der Waals surface area contributed by atoms with E-state index in [4.69, 9.17) is 9.15 Å². The van der Waals surface area contributed by atoms with Crippen molar-refractivity contribution in [1.29, 1.82) is 0 Å². The fourth-order valence-electron chi connectivity index (χ4n) is 2.10. The van der Waals surface area contributed by atoms with E-state index in [1.807, 2.05) is 55.6 Å². The smallest absolute Gasteiger partial charge is 0.290 e. The Morgan fingerprint density at radius 1 is 1.17 bits per heavy atom. The summed E-state index contributed by atoms with van der Waals surface area (Å²) in [5.74, 6) is 0.937. The Balaban J connectivity index is 1.64. The Bertz CT molecular complexity index is 775. The van der Waals surface area contributed by atoms with E-state index >= 15 is 0 Å². The molecule has 0 bridgehead atoms. The summed E-state index contributed by atoms with van der Waals surface area (Å²) in [6.07, 6.45) is 0. The summed E-state index contributed by atoms with van der Waals surface area (Å²) in [6, 6.07) is 14.8.